The van der Waals surface area contributed by atoms with Gasteiger partial charge in [0.15, 0.2) is 0 Å². The first-order chi connectivity index (χ1) is 5.66. The minimum absolute atomic E-state index is 0.379. The Bertz CT molecular complexity index is 293. The number of hydrogen-bond acceptors (Lipinski definition) is 3. The molecule has 3 heteroatoms. The minimum atomic E-state index is -0.379. The van der Waals surface area contributed by atoms with Crippen molar-refractivity contribution in [3.8, 4) is 0 Å². The van der Waals surface area contributed by atoms with E-state index in [0.29, 0.717) is 6.54 Å². The summed E-state index contributed by atoms with van der Waals surface area (Å²) in [5.41, 5.74) is 0.964. The molecule has 0 amide bonds. The zero-order valence-corrected chi connectivity index (χ0v) is 7.37. The molecule has 1 aliphatic rings. The number of aliphatic hydroxyl groups excluding tert-OH is 1. The molecule has 0 aliphatic carbocycles. The average Bonchev–Trinajstić information content (AvgIpc) is 2.29. The van der Waals surface area contributed by atoms with E-state index in [1.54, 1.807) is 0 Å². The molecule has 1 unspecified atom stereocenters. The summed E-state index contributed by atoms with van der Waals surface area (Å²) >= 11 is 0. The van der Waals surface area contributed by atoms with Gasteiger partial charge in [0, 0.05) is 12.1 Å². The molecule has 3 nitrogen and oxygen atoms in total. The molecule has 1 aromatic rings. The van der Waals surface area contributed by atoms with E-state index in [4.69, 9.17) is 4.42 Å². The van der Waals surface area contributed by atoms with Crippen LogP contribution in [0.3, 0.4) is 0 Å². The third-order valence-electron chi connectivity index (χ3n) is 2.22. The summed E-state index contributed by atoms with van der Waals surface area (Å²) < 4.78 is 5.45. The molecular formula is C9H13NO2. The molecule has 0 saturated carbocycles. The highest BCUT2D eigenvalue weighted by Crippen LogP contribution is 2.28. The minimum Gasteiger partial charge on any atom is -0.465 e. The Labute approximate surface area is 71.6 Å². The van der Waals surface area contributed by atoms with Gasteiger partial charge in [-0.05, 0) is 20.0 Å². The van der Waals surface area contributed by atoms with Gasteiger partial charge in [0.2, 0.25) is 0 Å². The summed E-state index contributed by atoms with van der Waals surface area (Å²) in [4.78, 5) is 2.05. The fourth-order valence-corrected chi connectivity index (χ4v) is 1.69. The molecule has 0 radical (unpaired) electrons. The summed E-state index contributed by atoms with van der Waals surface area (Å²) in [5.74, 6) is 1.79. The van der Waals surface area contributed by atoms with Crippen LogP contribution in [0.15, 0.2) is 10.5 Å². The van der Waals surface area contributed by atoms with Crippen LogP contribution in [0, 0.1) is 6.92 Å². The number of hydrogen-bond donors (Lipinski definition) is 1. The van der Waals surface area contributed by atoms with E-state index in [1.165, 1.54) is 0 Å². The highest BCUT2D eigenvalue weighted by Gasteiger charge is 2.24. The number of likely N-dealkylation sites (N-methyl/N-ethyl adjacent to an activating group) is 1. The Morgan fingerprint density at radius 3 is 3.17 bits per heavy atom. The van der Waals surface area contributed by atoms with E-state index in [-0.39, 0.29) is 6.10 Å². The molecule has 1 atom stereocenters. The summed E-state index contributed by atoms with van der Waals surface area (Å²) in [6.07, 6.45) is -0.379. The predicted molar refractivity (Wildman–Crippen MR) is 44.7 cm³/mol. The fraction of sp³-hybridized carbons (Fsp3) is 0.556. The number of aryl methyl sites for hydroxylation is 1. The van der Waals surface area contributed by atoms with Gasteiger partial charge in [0.05, 0.1) is 12.6 Å². The van der Waals surface area contributed by atoms with E-state index in [0.717, 1.165) is 23.6 Å². The van der Waals surface area contributed by atoms with Crippen molar-refractivity contribution in [1.82, 2.24) is 4.90 Å². The first-order valence-corrected chi connectivity index (χ1v) is 4.12. The van der Waals surface area contributed by atoms with Crippen molar-refractivity contribution in [2.45, 2.75) is 19.6 Å². The molecule has 66 valence electrons. The topological polar surface area (TPSA) is 36.6 Å². The van der Waals surface area contributed by atoms with Gasteiger partial charge < -0.3 is 9.52 Å². The van der Waals surface area contributed by atoms with Gasteiger partial charge in [-0.3, -0.25) is 4.90 Å². The second kappa shape index (κ2) is 2.61. The number of furan rings is 1. The zero-order chi connectivity index (χ0) is 8.72. The molecule has 0 aromatic carbocycles. The number of nitrogens with zero attached hydrogens (tertiary/aromatic N) is 1. The molecule has 0 fully saturated rings. The molecule has 2 heterocycles. The van der Waals surface area contributed by atoms with Crippen LogP contribution in [-0.4, -0.2) is 23.6 Å². The highest BCUT2D eigenvalue weighted by molar-refractivity contribution is 5.25. The largest absolute Gasteiger partial charge is 0.465 e. The van der Waals surface area contributed by atoms with Crippen LogP contribution in [0.25, 0.3) is 0 Å². The van der Waals surface area contributed by atoms with Crippen LogP contribution in [0.2, 0.25) is 0 Å². The molecule has 2 rings (SSSR count). The SMILES string of the molecule is Cc1cc2c(o1)CN(C)CC2O. The van der Waals surface area contributed by atoms with E-state index in [1.807, 2.05) is 20.0 Å². The lowest BCUT2D eigenvalue weighted by atomic mass is 10.1. The van der Waals surface area contributed by atoms with Crippen molar-refractivity contribution >= 4 is 0 Å². The van der Waals surface area contributed by atoms with Crippen molar-refractivity contribution in [2.24, 2.45) is 0 Å². The first kappa shape index (κ1) is 7.83. The normalized spacial score (nSPS) is 24.1. The maximum Gasteiger partial charge on any atom is 0.123 e. The summed E-state index contributed by atoms with van der Waals surface area (Å²) in [5, 5.41) is 9.64. The Balaban J connectivity index is 2.40. The third kappa shape index (κ3) is 1.15. The zero-order valence-electron chi connectivity index (χ0n) is 7.37. The second-order valence-corrected chi connectivity index (χ2v) is 3.45. The lowest BCUT2D eigenvalue weighted by Gasteiger charge is -2.25. The Morgan fingerprint density at radius 1 is 1.67 bits per heavy atom. The van der Waals surface area contributed by atoms with Gasteiger partial charge in [0.25, 0.3) is 0 Å². The standard InChI is InChI=1S/C9H13NO2/c1-6-3-7-8(11)4-10(2)5-9(7)12-6/h3,8,11H,4-5H2,1-2H3. The number of fused-ring (bicyclic) bond motifs is 1. The third-order valence-corrected chi connectivity index (χ3v) is 2.22. The van der Waals surface area contributed by atoms with Crippen molar-refractivity contribution in [1.29, 1.82) is 0 Å². The maximum atomic E-state index is 9.64. The van der Waals surface area contributed by atoms with Gasteiger partial charge in [-0.15, -0.1) is 0 Å². The maximum absolute atomic E-state index is 9.64. The van der Waals surface area contributed by atoms with Gasteiger partial charge in [0.1, 0.15) is 11.5 Å². The molecule has 1 N–H and O–H groups in total. The lowest BCUT2D eigenvalue weighted by Crippen LogP contribution is -2.29. The predicted octanol–water partition coefficient (Wildman–Crippen LogP) is 1.07. The van der Waals surface area contributed by atoms with Crippen LogP contribution in [0.1, 0.15) is 23.2 Å². The van der Waals surface area contributed by atoms with E-state index >= 15 is 0 Å². The second-order valence-electron chi connectivity index (χ2n) is 3.45. The van der Waals surface area contributed by atoms with E-state index < -0.39 is 0 Å². The van der Waals surface area contributed by atoms with Crippen molar-refractivity contribution in [2.75, 3.05) is 13.6 Å². The molecule has 1 aliphatic heterocycles. The van der Waals surface area contributed by atoms with Gasteiger partial charge in [-0.25, -0.2) is 0 Å². The molecule has 1 aromatic heterocycles. The summed E-state index contributed by atoms with van der Waals surface area (Å²) in [6.45, 7) is 3.41. The van der Waals surface area contributed by atoms with Gasteiger partial charge >= 0.3 is 0 Å². The molecule has 0 bridgehead atoms. The molecular weight excluding hydrogens is 154 g/mol. The van der Waals surface area contributed by atoms with Crippen LogP contribution in [0.4, 0.5) is 0 Å². The smallest absolute Gasteiger partial charge is 0.123 e. The Morgan fingerprint density at radius 2 is 2.42 bits per heavy atom. The quantitative estimate of drug-likeness (QED) is 0.628. The average molecular weight is 167 g/mol. The monoisotopic (exact) mass is 167 g/mol. The van der Waals surface area contributed by atoms with Gasteiger partial charge in [-0.1, -0.05) is 0 Å². The van der Waals surface area contributed by atoms with Crippen LogP contribution in [0.5, 0.6) is 0 Å². The molecule has 0 spiro atoms. The van der Waals surface area contributed by atoms with E-state index in [2.05, 4.69) is 4.90 Å². The van der Waals surface area contributed by atoms with Crippen molar-refractivity contribution < 1.29 is 9.52 Å². The highest BCUT2D eigenvalue weighted by atomic mass is 16.3. The van der Waals surface area contributed by atoms with Crippen LogP contribution >= 0.6 is 0 Å². The van der Waals surface area contributed by atoms with Crippen molar-refractivity contribution in [3.05, 3.63) is 23.2 Å². The summed E-state index contributed by atoms with van der Waals surface area (Å²) in [6, 6.07) is 1.92. The number of rotatable bonds is 0. The van der Waals surface area contributed by atoms with E-state index in [9.17, 15) is 5.11 Å². The Kier molecular flexibility index (Phi) is 1.70. The molecule has 0 saturated heterocycles. The van der Waals surface area contributed by atoms with Crippen LogP contribution in [-0.2, 0) is 6.54 Å². The lowest BCUT2D eigenvalue weighted by molar-refractivity contribution is 0.0998. The Hall–Kier alpha value is -0.800. The number of β-amino-alcohol motifs (C(OH)–C–C–N with tert-alkyl or cyclic N) is 1. The number of aliphatic hydroxyl groups is 1. The molecule has 12 heavy (non-hydrogen) atoms. The summed E-state index contributed by atoms with van der Waals surface area (Å²) in [7, 11) is 1.98. The first-order valence-electron chi connectivity index (χ1n) is 4.12. The van der Waals surface area contributed by atoms with Crippen molar-refractivity contribution in [3.63, 3.8) is 0 Å². The fourth-order valence-electron chi connectivity index (χ4n) is 1.69. The van der Waals surface area contributed by atoms with Gasteiger partial charge in [-0.2, -0.15) is 0 Å². The van der Waals surface area contributed by atoms with Crippen LogP contribution < -0.4 is 0 Å².